The van der Waals surface area contributed by atoms with Crippen molar-refractivity contribution in [1.29, 1.82) is 0 Å². The Morgan fingerprint density at radius 1 is 1.40 bits per heavy atom. The van der Waals surface area contributed by atoms with E-state index in [1.807, 2.05) is 24.3 Å². The molecule has 2 heterocycles. The van der Waals surface area contributed by atoms with Crippen molar-refractivity contribution >= 4 is 11.6 Å². The minimum Gasteiger partial charge on any atom is -0.497 e. The van der Waals surface area contributed by atoms with Gasteiger partial charge in [-0.3, -0.25) is 9.78 Å². The molecule has 0 saturated carbocycles. The number of aromatic amines is 1. The molecular formula is C14H16N4O2. The third-order valence-corrected chi connectivity index (χ3v) is 3.28. The van der Waals surface area contributed by atoms with Gasteiger partial charge in [0, 0.05) is 23.9 Å². The average molecular weight is 272 g/mol. The number of hydrogen-bond acceptors (Lipinski definition) is 5. The van der Waals surface area contributed by atoms with Gasteiger partial charge in [-0.15, -0.1) is 0 Å². The molecule has 1 aromatic carbocycles. The molecule has 0 aliphatic carbocycles. The molecule has 6 heteroatoms. The number of rotatable bonds is 3. The van der Waals surface area contributed by atoms with Gasteiger partial charge in [0.2, 0.25) is 5.95 Å². The summed E-state index contributed by atoms with van der Waals surface area (Å²) in [5.41, 5.74) is 2.34. The Balaban J connectivity index is 1.91. The minimum absolute atomic E-state index is 0.0677. The van der Waals surface area contributed by atoms with Crippen molar-refractivity contribution in [1.82, 2.24) is 15.3 Å². The Labute approximate surface area is 116 Å². The number of hydrogen-bond donors (Lipinski definition) is 3. The zero-order chi connectivity index (χ0) is 13.9. The van der Waals surface area contributed by atoms with Crippen LogP contribution in [0, 0.1) is 0 Å². The maximum atomic E-state index is 12.0. The summed E-state index contributed by atoms with van der Waals surface area (Å²) < 4.78 is 5.16. The zero-order valence-corrected chi connectivity index (χ0v) is 11.2. The van der Waals surface area contributed by atoms with E-state index in [1.54, 1.807) is 7.11 Å². The first-order chi connectivity index (χ1) is 9.76. The van der Waals surface area contributed by atoms with Crippen LogP contribution in [0.1, 0.15) is 11.3 Å². The van der Waals surface area contributed by atoms with E-state index in [1.165, 1.54) is 0 Å². The quantitative estimate of drug-likeness (QED) is 0.781. The highest BCUT2D eigenvalue weighted by atomic mass is 16.5. The largest absolute Gasteiger partial charge is 0.497 e. The van der Waals surface area contributed by atoms with E-state index in [9.17, 15) is 4.79 Å². The fraction of sp³-hybridized carbons (Fsp3) is 0.286. The maximum Gasteiger partial charge on any atom is 0.255 e. The van der Waals surface area contributed by atoms with Crippen molar-refractivity contribution in [3.63, 3.8) is 0 Å². The molecule has 0 unspecified atom stereocenters. The second-order valence-electron chi connectivity index (χ2n) is 4.62. The van der Waals surface area contributed by atoms with E-state index in [-0.39, 0.29) is 5.56 Å². The van der Waals surface area contributed by atoms with Gasteiger partial charge >= 0.3 is 0 Å². The SMILES string of the molecule is COc1cccc(Nc2nc3c(c(=O)[nH]2)CCNC3)c1. The molecule has 3 rings (SSSR count). The summed E-state index contributed by atoms with van der Waals surface area (Å²) in [6.45, 7) is 1.45. The summed E-state index contributed by atoms with van der Waals surface area (Å²) in [5.74, 6) is 1.20. The van der Waals surface area contributed by atoms with Crippen molar-refractivity contribution in [3.8, 4) is 5.75 Å². The Kier molecular flexibility index (Phi) is 3.39. The number of H-pyrrole nitrogens is 1. The Morgan fingerprint density at radius 3 is 3.15 bits per heavy atom. The van der Waals surface area contributed by atoms with E-state index in [2.05, 4.69) is 20.6 Å². The van der Waals surface area contributed by atoms with Gasteiger partial charge in [0.1, 0.15) is 5.75 Å². The summed E-state index contributed by atoms with van der Waals surface area (Å²) in [4.78, 5) is 19.2. The summed E-state index contributed by atoms with van der Waals surface area (Å²) in [6.07, 6.45) is 0.719. The van der Waals surface area contributed by atoms with Gasteiger partial charge in [-0.1, -0.05) is 6.07 Å². The average Bonchev–Trinajstić information content (AvgIpc) is 2.47. The van der Waals surface area contributed by atoms with Gasteiger partial charge in [0.15, 0.2) is 0 Å². The van der Waals surface area contributed by atoms with Gasteiger partial charge in [-0.05, 0) is 25.1 Å². The standard InChI is InChI=1S/C14H16N4O2/c1-20-10-4-2-3-9(7-10)16-14-17-12-8-15-6-5-11(12)13(19)18-14/h2-4,7,15H,5-6,8H2,1H3,(H2,16,17,18,19). The van der Waals surface area contributed by atoms with Gasteiger partial charge in [-0.25, -0.2) is 4.98 Å². The van der Waals surface area contributed by atoms with Crippen LogP contribution in [0.2, 0.25) is 0 Å². The first-order valence-corrected chi connectivity index (χ1v) is 6.50. The van der Waals surface area contributed by atoms with Crippen LogP contribution >= 0.6 is 0 Å². The lowest BCUT2D eigenvalue weighted by atomic mass is 10.1. The Hall–Kier alpha value is -2.34. The van der Waals surface area contributed by atoms with Gasteiger partial charge in [0.05, 0.1) is 12.8 Å². The van der Waals surface area contributed by atoms with Gasteiger partial charge < -0.3 is 15.4 Å². The summed E-state index contributed by atoms with van der Waals surface area (Å²) in [7, 11) is 1.61. The Bertz CT molecular complexity index is 681. The number of benzene rings is 1. The normalized spacial score (nSPS) is 13.7. The molecule has 104 valence electrons. The molecule has 1 aromatic heterocycles. The predicted octanol–water partition coefficient (Wildman–Crippen LogP) is 1.17. The highest BCUT2D eigenvalue weighted by molar-refractivity contribution is 5.56. The van der Waals surface area contributed by atoms with Crippen molar-refractivity contribution in [2.75, 3.05) is 19.0 Å². The first kappa shape index (κ1) is 12.7. The second kappa shape index (κ2) is 5.34. The zero-order valence-electron chi connectivity index (χ0n) is 11.2. The van der Waals surface area contributed by atoms with E-state index < -0.39 is 0 Å². The van der Waals surface area contributed by atoms with E-state index in [4.69, 9.17) is 4.74 Å². The van der Waals surface area contributed by atoms with Crippen LogP contribution < -0.4 is 20.9 Å². The van der Waals surface area contributed by atoms with Crippen LogP contribution in [0.15, 0.2) is 29.1 Å². The molecule has 0 bridgehead atoms. The van der Waals surface area contributed by atoms with Gasteiger partial charge in [0.25, 0.3) is 5.56 Å². The van der Waals surface area contributed by atoms with E-state index in [0.717, 1.165) is 35.7 Å². The molecule has 1 aliphatic rings. The second-order valence-corrected chi connectivity index (χ2v) is 4.62. The van der Waals surface area contributed by atoms with E-state index in [0.29, 0.717) is 12.5 Å². The molecule has 1 aliphatic heterocycles. The third-order valence-electron chi connectivity index (χ3n) is 3.28. The molecule has 0 atom stereocenters. The summed E-state index contributed by atoms with van der Waals surface area (Å²) in [6, 6.07) is 7.47. The monoisotopic (exact) mass is 272 g/mol. The van der Waals surface area contributed by atoms with Crippen molar-refractivity contribution in [2.45, 2.75) is 13.0 Å². The number of anilines is 2. The number of nitrogens with one attached hydrogen (secondary N) is 3. The molecule has 0 saturated heterocycles. The highest BCUT2D eigenvalue weighted by Gasteiger charge is 2.15. The number of ether oxygens (including phenoxy) is 1. The molecule has 20 heavy (non-hydrogen) atoms. The molecule has 3 N–H and O–H groups in total. The molecule has 2 aromatic rings. The molecule has 0 fully saturated rings. The van der Waals surface area contributed by atoms with E-state index >= 15 is 0 Å². The van der Waals surface area contributed by atoms with Crippen LogP contribution in [0.4, 0.5) is 11.6 Å². The summed E-state index contributed by atoms with van der Waals surface area (Å²) in [5, 5.41) is 6.31. The number of methoxy groups -OCH3 is 1. The Morgan fingerprint density at radius 2 is 2.30 bits per heavy atom. The smallest absolute Gasteiger partial charge is 0.255 e. The van der Waals surface area contributed by atoms with Gasteiger partial charge in [-0.2, -0.15) is 0 Å². The lowest BCUT2D eigenvalue weighted by molar-refractivity contribution is 0.415. The molecular weight excluding hydrogens is 256 g/mol. The lowest BCUT2D eigenvalue weighted by Gasteiger charge is -2.16. The topological polar surface area (TPSA) is 79.0 Å². The number of fused-ring (bicyclic) bond motifs is 1. The van der Waals surface area contributed by atoms with Crippen molar-refractivity contribution < 1.29 is 4.74 Å². The fourth-order valence-electron chi connectivity index (χ4n) is 2.27. The van der Waals surface area contributed by atoms with Crippen molar-refractivity contribution in [3.05, 3.63) is 45.9 Å². The predicted molar refractivity (Wildman–Crippen MR) is 76.5 cm³/mol. The van der Waals surface area contributed by atoms with Crippen LogP contribution in [-0.2, 0) is 13.0 Å². The third kappa shape index (κ3) is 2.50. The van der Waals surface area contributed by atoms with Crippen LogP contribution in [-0.4, -0.2) is 23.6 Å². The lowest BCUT2D eigenvalue weighted by Crippen LogP contribution is -2.31. The number of nitrogens with zero attached hydrogens (tertiary/aromatic N) is 1. The first-order valence-electron chi connectivity index (χ1n) is 6.50. The molecule has 0 radical (unpaired) electrons. The van der Waals surface area contributed by atoms with Crippen LogP contribution in [0.5, 0.6) is 5.75 Å². The highest BCUT2D eigenvalue weighted by Crippen LogP contribution is 2.19. The molecule has 0 spiro atoms. The molecule has 0 amide bonds. The maximum absolute atomic E-state index is 12.0. The van der Waals surface area contributed by atoms with Crippen LogP contribution in [0.3, 0.4) is 0 Å². The molecule has 6 nitrogen and oxygen atoms in total. The minimum atomic E-state index is -0.0677. The fourth-order valence-corrected chi connectivity index (χ4v) is 2.27. The van der Waals surface area contributed by atoms with Crippen molar-refractivity contribution in [2.24, 2.45) is 0 Å². The summed E-state index contributed by atoms with van der Waals surface area (Å²) >= 11 is 0. The van der Waals surface area contributed by atoms with Crippen LogP contribution in [0.25, 0.3) is 0 Å². The number of aromatic nitrogens is 2.